The molecule has 0 aromatic rings. The minimum absolute atomic E-state index is 0. The van der Waals surface area contributed by atoms with Gasteiger partial charge in [0.1, 0.15) is 0 Å². The van der Waals surface area contributed by atoms with E-state index in [4.69, 9.17) is 29.0 Å². The molecule has 0 saturated carbocycles. The van der Waals surface area contributed by atoms with Crippen LogP contribution in [0.4, 0.5) is 0 Å². The largest absolute Gasteiger partial charge is 2.00 e. The molecule has 0 amide bonds. The molecule has 0 unspecified atom stereocenters. The number of hydrogen-bond donors (Lipinski definition) is 2. The van der Waals surface area contributed by atoms with Crippen LogP contribution in [0.15, 0.2) is 0 Å². The van der Waals surface area contributed by atoms with Crippen LogP contribution in [0, 0.1) is 5.41 Å². The van der Waals surface area contributed by atoms with Crippen molar-refractivity contribution in [3.8, 4) is 0 Å². The molecule has 0 heterocycles. The van der Waals surface area contributed by atoms with Crippen molar-refractivity contribution in [2.45, 2.75) is 26.7 Å². The number of nitrogens with two attached hydrogens (primary N) is 2. The Balaban J connectivity index is -0.000000208. The van der Waals surface area contributed by atoms with Crippen molar-refractivity contribution in [1.29, 1.82) is 0 Å². The molecule has 4 N–H and O–H groups in total. The molecule has 0 aliphatic heterocycles. The summed E-state index contributed by atoms with van der Waals surface area (Å²) in [6.07, 6.45) is 2.19. The maximum absolute atomic E-state index is 8.52. The normalized spacial score (nSPS) is 11.1. The topological polar surface area (TPSA) is 132 Å². The maximum atomic E-state index is 8.52. The van der Waals surface area contributed by atoms with Crippen LogP contribution in [-0.4, -0.2) is 30.6 Å². The Bertz CT molecular complexity index is 204. The van der Waals surface area contributed by atoms with Gasteiger partial charge in [-0.1, -0.05) is 13.8 Å². The van der Waals surface area contributed by atoms with E-state index in [0.29, 0.717) is 0 Å². The average Bonchev–Trinajstić information content (AvgIpc) is 2.07. The van der Waals surface area contributed by atoms with Crippen LogP contribution in [0.5, 0.6) is 0 Å². The first-order chi connectivity index (χ1) is 6.24. The van der Waals surface area contributed by atoms with Gasteiger partial charge in [0.2, 0.25) is 0 Å². The van der Waals surface area contributed by atoms with Crippen molar-refractivity contribution in [3.63, 3.8) is 0 Å². The molecule has 0 aliphatic rings. The van der Waals surface area contributed by atoms with Gasteiger partial charge < -0.3 is 20.6 Å². The third kappa shape index (κ3) is 14.5. The van der Waals surface area contributed by atoms with Crippen LogP contribution in [0.3, 0.4) is 0 Å². The molecule has 0 rings (SSSR count). The van der Waals surface area contributed by atoms with Crippen molar-refractivity contribution in [2.75, 3.05) is 13.1 Å². The van der Waals surface area contributed by atoms with E-state index in [1.165, 1.54) is 0 Å². The van der Waals surface area contributed by atoms with Gasteiger partial charge in [0.15, 0.2) is 0 Å². The van der Waals surface area contributed by atoms with Crippen molar-refractivity contribution < 1.29 is 38.6 Å². The van der Waals surface area contributed by atoms with Crippen LogP contribution in [0.25, 0.3) is 0 Å². The van der Waals surface area contributed by atoms with Crippen LogP contribution in [0.1, 0.15) is 26.7 Å². The molecule has 0 radical (unpaired) electrons. The summed E-state index contributed by atoms with van der Waals surface area (Å²) in [4.78, 5) is 0. The predicted octanol–water partition coefficient (Wildman–Crippen LogP) is -0.630. The van der Waals surface area contributed by atoms with Gasteiger partial charge in [-0.15, -0.1) is 0 Å². The van der Waals surface area contributed by atoms with Crippen molar-refractivity contribution in [2.24, 2.45) is 16.9 Å². The Hall–Kier alpha value is 0.478. The Morgan fingerprint density at radius 1 is 1.07 bits per heavy atom. The van der Waals surface area contributed by atoms with Crippen molar-refractivity contribution >= 4 is 10.4 Å². The molecule has 96 valence electrons. The maximum Gasteiger partial charge on any atom is 2.00 e. The molecule has 0 fully saturated rings. The van der Waals surface area contributed by atoms with Gasteiger partial charge in [0, 0.05) is 10.4 Å². The SMILES string of the molecule is CCC(CC)(CN)CN.O=S(=O)([O-])[O-].[Pt+2]. The molecule has 8 heteroatoms. The Morgan fingerprint density at radius 2 is 1.27 bits per heavy atom. The van der Waals surface area contributed by atoms with Crippen molar-refractivity contribution in [3.05, 3.63) is 0 Å². The quantitative estimate of drug-likeness (QED) is 0.459. The molecule has 0 atom stereocenters. The second kappa shape index (κ2) is 9.69. The number of rotatable bonds is 4. The van der Waals surface area contributed by atoms with E-state index in [1.54, 1.807) is 0 Å². The second-order valence-electron chi connectivity index (χ2n) is 3.02. The molecule has 0 aromatic heterocycles. The molecule has 0 spiro atoms. The third-order valence-corrected chi connectivity index (χ3v) is 2.37. The minimum Gasteiger partial charge on any atom is -0.759 e. The minimum atomic E-state index is -5.17. The molecule has 0 bridgehead atoms. The van der Waals surface area contributed by atoms with Crippen LogP contribution < -0.4 is 11.5 Å². The first-order valence-electron chi connectivity index (χ1n) is 4.31. The summed E-state index contributed by atoms with van der Waals surface area (Å²) in [6.45, 7) is 5.72. The fourth-order valence-electron chi connectivity index (χ4n) is 0.911. The zero-order valence-corrected chi connectivity index (χ0v) is 11.9. The zero-order chi connectivity index (χ0) is 11.8. The van der Waals surface area contributed by atoms with Gasteiger partial charge in [0.25, 0.3) is 0 Å². The average molecular weight is 421 g/mol. The molecule has 0 saturated heterocycles. The van der Waals surface area contributed by atoms with Gasteiger partial charge >= 0.3 is 21.1 Å². The summed E-state index contributed by atoms with van der Waals surface area (Å²) in [7, 11) is -5.17. The monoisotopic (exact) mass is 421 g/mol. The van der Waals surface area contributed by atoms with Gasteiger partial charge in [-0.3, -0.25) is 8.42 Å². The van der Waals surface area contributed by atoms with Gasteiger partial charge in [-0.2, -0.15) is 0 Å². The van der Waals surface area contributed by atoms with Crippen LogP contribution in [-0.2, 0) is 31.5 Å². The molecule has 0 aliphatic carbocycles. The zero-order valence-electron chi connectivity index (χ0n) is 8.84. The number of hydrogen-bond acceptors (Lipinski definition) is 6. The third-order valence-electron chi connectivity index (χ3n) is 2.37. The van der Waals surface area contributed by atoms with E-state index >= 15 is 0 Å². The van der Waals surface area contributed by atoms with E-state index in [-0.39, 0.29) is 26.5 Å². The van der Waals surface area contributed by atoms with Gasteiger partial charge in [0.05, 0.1) is 0 Å². The second-order valence-corrected chi connectivity index (χ2v) is 3.84. The molecule has 6 nitrogen and oxygen atoms in total. The van der Waals surface area contributed by atoms with E-state index in [2.05, 4.69) is 13.8 Å². The molecular formula is C7H18N2O4PtS. The predicted molar refractivity (Wildman–Crippen MR) is 51.6 cm³/mol. The fourth-order valence-corrected chi connectivity index (χ4v) is 0.911. The first kappa shape index (κ1) is 20.8. The van der Waals surface area contributed by atoms with E-state index < -0.39 is 10.4 Å². The van der Waals surface area contributed by atoms with Crippen LogP contribution >= 0.6 is 0 Å². The van der Waals surface area contributed by atoms with E-state index in [0.717, 1.165) is 25.9 Å². The summed E-state index contributed by atoms with van der Waals surface area (Å²) in [5.74, 6) is 0. The Morgan fingerprint density at radius 3 is 1.27 bits per heavy atom. The smallest absolute Gasteiger partial charge is 0.759 e. The summed E-state index contributed by atoms with van der Waals surface area (Å²) in [5, 5.41) is 0. The fraction of sp³-hybridized carbons (Fsp3) is 1.00. The molecule has 15 heavy (non-hydrogen) atoms. The summed E-state index contributed by atoms with van der Waals surface area (Å²) in [5.41, 5.74) is 11.3. The van der Waals surface area contributed by atoms with Crippen molar-refractivity contribution in [1.82, 2.24) is 0 Å². The Labute approximate surface area is 106 Å². The standard InChI is InChI=1S/C7H18N2.H2O4S.Pt/c1-3-7(4-2,5-8)6-9;1-5(2,3)4;/h3-6,8-9H2,1-2H3;(H2,1,2,3,4);/q;;+2/p-2. The summed E-state index contributed by atoms with van der Waals surface area (Å²) >= 11 is 0. The summed E-state index contributed by atoms with van der Waals surface area (Å²) in [6, 6.07) is 0. The van der Waals surface area contributed by atoms with Crippen LogP contribution in [0.2, 0.25) is 0 Å². The van der Waals surface area contributed by atoms with E-state index in [1.807, 2.05) is 0 Å². The first-order valence-corrected chi connectivity index (χ1v) is 5.64. The van der Waals surface area contributed by atoms with Gasteiger partial charge in [-0.25, -0.2) is 0 Å². The van der Waals surface area contributed by atoms with Gasteiger partial charge in [-0.05, 0) is 31.3 Å². The molecular weight excluding hydrogens is 403 g/mol. The summed E-state index contributed by atoms with van der Waals surface area (Å²) < 4.78 is 34.1. The Kier molecular flexibility index (Phi) is 13.5. The van der Waals surface area contributed by atoms with E-state index in [9.17, 15) is 0 Å². The molecule has 0 aromatic carbocycles.